The Balaban J connectivity index is 1.58. The molecular weight excluding hydrogens is 240 g/mol. The van der Waals surface area contributed by atoms with Crippen molar-refractivity contribution in [2.24, 2.45) is 0 Å². The Morgan fingerprint density at radius 2 is 2.32 bits per heavy atom. The summed E-state index contributed by atoms with van der Waals surface area (Å²) in [6.45, 7) is 5.71. The zero-order chi connectivity index (χ0) is 13.2. The minimum Gasteiger partial charge on any atom is -0.345 e. The van der Waals surface area contributed by atoms with Crippen LogP contribution >= 0.6 is 0 Å². The van der Waals surface area contributed by atoms with Crippen LogP contribution in [-0.4, -0.2) is 20.7 Å². The molecule has 1 fully saturated rings. The van der Waals surface area contributed by atoms with E-state index in [0.717, 1.165) is 18.4 Å². The smallest absolute Gasteiger partial charge is 0.246 e. The molecule has 0 atom stereocenters. The van der Waals surface area contributed by atoms with Crippen LogP contribution in [0.2, 0.25) is 0 Å². The van der Waals surface area contributed by atoms with Crippen molar-refractivity contribution in [3.8, 4) is 0 Å². The molecular formula is C14H20N4O. The standard InChI is InChI=1S/C14H20N4O/c1-10(2)14-16-13(19-17-14)9-18-6-5-11(8-18)7-15-12-3-4-12/h5-6,8,10,12,15H,3-4,7,9H2,1-2H3. The Hall–Kier alpha value is -1.62. The molecule has 0 radical (unpaired) electrons. The Kier molecular flexibility index (Phi) is 3.38. The average Bonchev–Trinajstić information content (AvgIpc) is 2.91. The number of aromatic nitrogens is 3. The van der Waals surface area contributed by atoms with Crippen LogP contribution in [0.25, 0.3) is 0 Å². The first kappa shape index (κ1) is 12.4. The predicted octanol–water partition coefficient (Wildman–Crippen LogP) is 2.29. The molecule has 0 unspecified atom stereocenters. The van der Waals surface area contributed by atoms with Gasteiger partial charge in [-0.15, -0.1) is 0 Å². The number of nitrogens with zero attached hydrogens (tertiary/aromatic N) is 3. The lowest BCUT2D eigenvalue weighted by Gasteiger charge is -1.99. The Bertz CT molecular complexity index is 539. The largest absolute Gasteiger partial charge is 0.345 e. The normalized spacial score (nSPS) is 15.3. The van der Waals surface area contributed by atoms with E-state index in [2.05, 4.69) is 52.3 Å². The van der Waals surface area contributed by atoms with E-state index in [1.807, 2.05) is 0 Å². The molecule has 0 aromatic carbocycles. The van der Waals surface area contributed by atoms with Gasteiger partial charge in [0.15, 0.2) is 5.82 Å². The predicted molar refractivity (Wildman–Crippen MR) is 71.8 cm³/mol. The van der Waals surface area contributed by atoms with E-state index in [4.69, 9.17) is 4.52 Å². The summed E-state index contributed by atoms with van der Waals surface area (Å²) in [7, 11) is 0. The zero-order valence-corrected chi connectivity index (χ0v) is 11.5. The molecule has 0 aliphatic heterocycles. The number of hydrogen-bond acceptors (Lipinski definition) is 4. The fourth-order valence-corrected chi connectivity index (χ4v) is 1.97. The van der Waals surface area contributed by atoms with Gasteiger partial charge < -0.3 is 14.4 Å². The summed E-state index contributed by atoms with van der Waals surface area (Å²) >= 11 is 0. The molecule has 1 aliphatic carbocycles. The molecule has 1 aliphatic rings. The van der Waals surface area contributed by atoms with Crippen molar-refractivity contribution in [2.45, 2.75) is 51.7 Å². The molecule has 3 rings (SSSR count). The summed E-state index contributed by atoms with van der Waals surface area (Å²) in [6.07, 6.45) is 6.83. The third-order valence-electron chi connectivity index (χ3n) is 3.30. The monoisotopic (exact) mass is 260 g/mol. The van der Waals surface area contributed by atoms with Gasteiger partial charge >= 0.3 is 0 Å². The molecule has 1 N–H and O–H groups in total. The minimum absolute atomic E-state index is 0.306. The molecule has 1 saturated carbocycles. The quantitative estimate of drug-likeness (QED) is 0.866. The maximum atomic E-state index is 5.25. The molecule has 0 saturated heterocycles. The van der Waals surface area contributed by atoms with Crippen LogP contribution in [0, 0.1) is 0 Å². The van der Waals surface area contributed by atoms with Gasteiger partial charge in [0.2, 0.25) is 5.89 Å². The highest BCUT2D eigenvalue weighted by atomic mass is 16.5. The van der Waals surface area contributed by atoms with Gasteiger partial charge in [0.25, 0.3) is 0 Å². The second kappa shape index (κ2) is 5.17. The van der Waals surface area contributed by atoms with E-state index in [1.165, 1.54) is 18.4 Å². The van der Waals surface area contributed by atoms with E-state index in [9.17, 15) is 0 Å². The maximum Gasteiger partial charge on any atom is 0.246 e. The van der Waals surface area contributed by atoms with E-state index >= 15 is 0 Å². The van der Waals surface area contributed by atoms with Gasteiger partial charge in [0.1, 0.15) is 6.54 Å². The van der Waals surface area contributed by atoms with Crippen molar-refractivity contribution in [1.29, 1.82) is 0 Å². The Morgan fingerprint density at radius 1 is 1.47 bits per heavy atom. The third-order valence-corrected chi connectivity index (χ3v) is 3.30. The second-order valence-electron chi connectivity index (χ2n) is 5.55. The van der Waals surface area contributed by atoms with Crippen LogP contribution in [0.5, 0.6) is 0 Å². The van der Waals surface area contributed by atoms with E-state index in [1.54, 1.807) is 0 Å². The Labute approximate surface area is 113 Å². The van der Waals surface area contributed by atoms with Gasteiger partial charge in [-0.1, -0.05) is 19.0 Å². The van der Waals surface area contributed by atoms with Gasteiger partial charge in [0.05, 0.1) is 0 Å². The van der Waals surface area contributed by atoms with Crippen LogP contribution < -0.4 is 5.32 Å². The third kappa shape index (κ3) is 3.23. The van der Waals surface area contributed by atoms with Crippen molar-refractivity contribution in [3.63, 3.8) is 0 Å². The molecule has 102 valence electrons. The van der Waals surface area contributed by atoms with Gasteiger partial charge in [-0.25, -0.2) is 0 Å². The minimum atomic E-state index is 0.306. The van der Waals surface area contributed by atoms with Crippen LogP contribution in [0.1, 0.15) is 49.9 Å². The maximum absolute atomic E-state index is 5.25. The first-order valence-corrected chi connectivity index (χ1v) is 6.91. The molecule has 2 aromatic rings. The highest BCUT2D eigenvalue weighted by molar-refractivity contribution is 5.11. The van der Waals surface area contributed by atoms with Gasteiger partial charge in [-0.05, 0) is 24.5 Å². The lowest BCUT2D eigenvalue weighted by Crippen LogP contribution is -2.14. The van der Waals surface area contributed by atoms with Crippen molar-refractivity contribution in [1.82, 2.24) is 20.0 Å². The fraction of sp³-hybridized carbons (Fsp3) is 0.571. The topological polar surface area (TPSA) is 55.9 Å². The SMILES string of the molecule is CC(C)c1noc(Cn2ccc(CNC3CC3)c2)n1. The summed E-state index contributed by atoms with van der Waals surface area (Å²) < 4.78 is 7.33. The number of hydrogen-bond donors (Lipinski definition) is 1. The number of rotatable bonds is 6. The molecule has 5 heteroatoms. The molecule has 0 amide bonds. The summed E-state index contributed by atoms with van der Waals surface area (Å²) in [6, 6.07) is 2.88. The lowest BCUT2D eigenvalue weighted by molar-refractivity contribution is 0.364. The number of nitrogens with one attached hydrogen (secondary N) is 1. The van der Waals surface area contributed by atoms with Crippen LogP contribution in [-0.2, 0) is 13.1 Å². The molecule has 2 aromatic heterocycles. The summed E-state index contributed by atoms with van der Waals surface area (Å²) in [5.74, 6) is 1.75. The lowest BCUT2D eigenvalue weighted by atomic mass is 10.2. The fourth-order valence-electron chi connectivity index (χ4n) is 1.97. The summed E-state index contributed by atoms with van der Waals surface area (Å²) in [4.78, 5) is 4.38. The van der Waals surface area contributed by atoms with Crippen molar-refractivity contribution >= 4 is 0 Å². The average molecular weight is 260 g/mol. The van der Waals surface area contributed by atoms with E-state index in [-0.39, 0.29) is 0 Å². The van der Waals surface area contributed by atoms with Gasteiger partial charge in [-0.3, -0.25) is 0 Å². The molecule has 0 spiro atoms. The first-order chi connectivity index (χ1) is 9.20. The molecule has 19 heavy (non-hydrogen) atoms. The van der Waals surface area contributed by atoms with Gasteiger partial charge in [0, 0.05) is 30.9 Å². The van der Waals surface area contributed by atoms with Crippen LogP contribution in [0.4, 0.5) is 0 Å². The summed E-state index contributed by atoms with van der Waals surface area (Å²) in [5, 5.41) is 7.48. The van der Waals surface area contributed by atoms with Crippen LogP contribution in [0.3, 0.4) is 0 Å². The van der Waals surface area contributed by atoms with Crippen molar-refractivity contribution in [2.75, 3.05) is 0 Å². The van der Waals surface area contributed by atoms with E-state index in [0.29, 0.717) is 18.4 Å². The molecule has 5 nitrogen and oxygen atoms in total. The van der Waals surface area contributed by atoms with Gasteiger partial charge in [-0.2, -0.15) is 4.98 Å². The molecule has 0 bridgehead atoms. The highest BCUT2D eigenvalue weighted by Crippen LogP contribution is 2.19. The summed E-state index contributed by atoms with van der Waals surface area (Å²) in [5.41, 5.74) is 1.30. The van der Waals surface area contributed by atoms with E-state index < -0.39 is 0 Å². The highest BCUT2D eigenvalue weighted by Gasteiger charge is 2.20. The zero-order valence-electron chi connectivity index (χ0n) is 11.5. The Morgan fingerprint density at radius 3 is 3.00 bits per heavy atom. The second-order valence-corrected chi connectivity index (χ2v) is 5.55. The molecule has 2 heterocycles. The van der Waals surface area contributed by atoms with Crippen molar-refractivity contribution < 1.29 is 4.52 Å². The van der Waals surface area contributed by atoms with Crippen LogP contribution in [0.15, 0.2) is 23.0 Å². The first-order valence-electron chi connectivity index (χ1n) is 6.91. The van der Waals surface area contributed by atoms with Crippen molar-refractivity contribution in [3.05, 3.63) is 35.7 Å².